The Morgan fingerprint density at radius 2 is 1.50 bits per heavy atom. The summed E-state index contributed by atoms with van der Waals surface area (Å²) in [5.74, 6) is 3.49. The van der Waals surface area contributed by atoms with Gasteiger partial charge in [0.25, 0.3) is 0 Å². The zero-order chi connectivity index (χ0) is 27.4. The minimum atomic E-state index is -1.50. The third kappa shape index (κ3) is 11.8. The van der Waals surface area contributed by atoms with E-state index in [0.717, 1.165) is 23.2 Å². The van der Waals surface area contributed by atoms with Crippen LogP contribution in [0.2, 0.25) is 0 Å². The molecule has 0 aliphatic carbocycles. The molecule has 0 amide bonds. The molecule has 1 unspecified atom stereocenters. The lowest BCUT2D eigenvalue weighted by Crippen LogP contribution is -2.21. The Morgan fingerprint density at radius 3 is 1.72 bits per heavy atom. The van der Waals surface area contributed by atoms with Gasteiger partial charge >= 0.3 is 26.7 Å². The number of hydrogen-bond donors (Lipinski definition) is 4. The first-order valence-corrected chi connectivity index (χ1v) is 13.1. The Kier molecular flexibility index (Phi) is 13.4. The summed E-state index contributed by atoms with van der Waals surface area (Å²) in [7, 11) is 0. The van der Waals surface area contributed by atoms with E-state index >= 15 is 0 Å². The van der Waals surface area contributed by atoms with Crippen molar-refractivity contribution in [3.8, 4) is 0 Å². The molecular formula is C19H32N8O6S3. The van der Waals surface area contributed by atoms with Crippen molar-refractivity contribution in [1.82, 2.24) is 35.1 Å². The van der Waals surface area contributed by atoms with Gasteiger partial charge in [-0.2, -0.15) is 13.6 Å². The third-order valence-electron chi connectivity index (χ3n) is 3.95. The zero-order valence-corrected chi connectivity index (χ0v) is 23.7. The van der Waals surface area contributed by atoms with E-state index in [-0.39, 0.29) is 21.5 Å². The molecule has 3 aromatic heterocycles. The molecule has 14 nitrogen and oxygen atoms in total. The monoisotopic (exact) mass is 564 g/mol. The van der Waals surface area contributed by atoms with Crippen LogP contribution in [0.1, 0.15) is 90.6 Å². The first-order valence-electron chi connectivity index (χ1n) is 10.9. The molecule has 202 valence electrons. The van der Waals surface area contributed by atoms with E-state index in [1.54, 1.807) is 0 Å². The minimum absolute atomic E-state index is 0.0706. The number of hydroxylamine groups is 1. The number of amidine groups is 1. The van der Waals surface area contributed by atoms with Gasteiger partial charge in [-0.05, 0) is 12.2 Å². The highest BCUT2D eigenvalue weighted by atomic mass is 32.2. The van der Waals surface area contributed by atoms with Crippen LogP contribution in [0.25, 0.3) is 0 Å². The highest BCUT2D eigenvalue weighted by Crippen LogP contribution is 2.07. The summed E-state index contributed by atoms with van der Waals surface area (Å²) >= 11 is 4.12. The Balaban J connectivity index is 0.000000240. The lowest BCUT2D eigenvalue weighted by atomic mass is 10.2. The number of nitrogens with one attached hydrogen (secondary N) is 4. The predicted octanol–water partition coefficient (Wildman–Crippen LogP) is 3.45. The molecule has 4 heterocycles. The van der Waals surface area contributed by atoms with Crippen molar-refractivity contribution >= 4 is 40.9 Å². The quantitative estimate of drug-likeness (QED) is 0.339. The normalized spacial score (nSPS) is 14.4. The summed E-state index contributed by atoms with van der Waals surface area (Å²) in [6.45, 7) is 15.7. The maximum atomic E-state index is 10.5. The fraction of sp³-hybridized carbons (Fsp3) is 0.632. The largest absolute Gasteiger partial charge is 0.438 e. The fourth-order valence-corrected chi connectivity index (χ4v) is 3.22. The Hall–Kier alpha value is -2.76. The van der Waals surface area contributed by atoms with Crippen LogP contribution in [-0.4, -0.2) is 39.7 Å². The van der Waals surface area contributed by atoms with Gasteiger partial charge in [0.1, 0.15) is 17.5 Å². The molecule has 4 rings (SSSR count). The molecule has 0 bridgehead atoms. The van der Waals surface area contributed by atoms with Crippen molar-refractivity contribution in [2.45, 2.75) is 73.1 Å². The first kappa shape index (κ1) is 31.3. The van der Waals surface area contributed by atoms with E-state index in [2.05, 4.69) is 60.5 Å². The second-order valence-corrected chi connectivity index (χ2v) is 10.3. The second kappa shape index (κ2) is 15.4. The van der Waals surface area contributed by atoms with Crippen LogP contribution in [-0.2, 0) is 15.6 Å². The first-order chi connectivity index (χ1) is 16.8. The van der Waals surface area contributed by atoms with E-state index in [0.29, 0.717) is 23.5 Å². The summed E-state index contributed by atoms with van der Waals surface area (Å²) in [5, 5.41) is 6.09. The van der Waals surface area contributed by atoms with Gasteiger partial charge in [0.05, 0.1) is 0 Å². The van der Waals surface area contributed by atoms with Crippen molar-refractivity contribution in [2.75, 3.05) is 0 Å². The van der Waals surface area contributed by atoms with Crippen LogP contribution in [0, 0.1) is 10.8 Å². The molecule has 0 aromatic carbocycles. The Bertz CT molecular complexity index is 1140. The van der Waals surface area contributed by atoms with Crippen molar-refractivity contribution in [3.05, 3.63) is 42.5 Å². The Labute approximate surface area is 219 Å². The average Bonchev–Trinajstić information content (AvgIpc) is 3.58. The van der Waals surface area contributed by atoms with E-state index in [4.69, 9.17) is 4.52 Å². The van der Waals surface area contributed by atoms with Gasteiger partial charge in [0, 0.05) is 35.2 Å². The predicted molar refractivity (Wildman–Crippen MR) is 138 cm³/mol. The molecule has 0 spiro atoms. The molecule has 0 fully saturated rings. The van der Waals surface area contributed by atoms with Crippen molar-refractivity contribution in [3.63, 3.8) is 0 Å². The zero-order valence-electron chi connectivity index (χ0n) is 21.3. The number of H-pyrrole nitrogens is 3. The van der Waals surface area contributed by atoms with Crippen LogP contribution in [0.4, 0.5) is 0 Å². The van der Waals surface area contributed by atoms with Crippen molar-refractivity contribution < 1.29 is 17.5 Å². The number of aromatic nitrogens is 6. The van der Waals surface area contributed by atoms with Gasteiger partial charge < -0.3 is 4.52 Å². The number of nitrogens with zero attached hydrogens (tertiary/aromatic N) is 4. The molecule has 1 atom stereocenters. The van der Waals surface area contributed by atoms with Crippen LogP contribution in [0.15, 0.2) is 23.0 Å². The highest BCUT2D eigenvalue weighted by Gasteiger charge is 2.15. The van der Waals surface area contributed by atoms with Crippen LogP contribution in [0.3, 0.4) is 0 Å². The summed E-state index contributed by atoms with van der Waals surface area (Å²) in [5.41, 5.74) is 2.46. The molecule has 3 aromatic rings. The van der Waals surface area contributed by atoms with E-state index < -0.39 is 17.0 Å². The molecule has 17 heteroatoms. The van der Waals surface area contributed by atoms with E-state index in [1.807, 2.05) is 55.4 Å². The number of rotatable bonds is 4. The second-order valence-electron chi connectivity index (χ2n) is 8.43. The molecule has 0 saturated heterocycles. The Morgan fingerprint density at radius 1 is 0.889 bits per heavy atom. The molecular weight excluding hydrogens is 532 g/mol. The van der Waals surface area contributed by atoms with Crippen molar-refractivity contribution in [1.29, 1.82) is 0 Å². The number of aromatic amines is 3. The van der Waals surface area contributed by atoms with E-state index in [9.17, 15) is 13.8 Å². The molecule has 36 heavy (non-hydrogen) atoms. The lowest BCUT2D eigenvalue weighted by Gasteiger charge is -1.99. The number of hydrogen-bond acceptors (Lipinski definition) is 12. The topological polar surface area (TPSA) is 197 Å². The molecule has 4 N–H and O–H groups in total. The van der Waals surface area contributed by atoms with Crippen LogP contribution < -0.4 is 16.1 Å². The van der Waals surface area contributed by atoms with Gasteiger partial charge in [-0.1, -0.05) is 60.5 Å². The summed E-state index contributed by atoms with van der Waals surface area (Å²) in [6, 6.07) is 0. The standard InChI is InChI=1S/C5H8N2O2.2C5H8N2OS.C4H8N2O2S/c2*1-3(2)4-6-5(8)9-7-4;1-3(2)4-6-5(9)8-7-4;1-3(2)4-5-8-9(7)6-4/h2*3H,1-2H3,(H,6,7,8);3H,1-2H3,(H,6,7,9);3H,1-2H3,(H,5,6). The summed E-state index contributed by atoms with van der Waals surface area (Å²) in [4.78, 5) is 30.0. The summed E-state index contributed by atoms with van der Waals surface area (Å²) < 4.78 is 31.3. The molecule has 1 aliphatic heterocycles. The highest BCUT2D eigenvalue weighted by molar-refractivity contribution is 7.79. The fourth-order valence-electron chi connectivity index (χ4n) is 1.89. The van der Waals surface area contributed by atoms with Crippen LogP contribution in [0.5, 0.6) is 0 Å². The van der Waals surface area contributed by atoms with E-state index in [1.165, 1.54) is 0 Å². The van der Waals surface area contributed by atoms with Gasteiger partial charge in [-0.25, -0.2) is 19.6 Å². The maximum Gasteiger partial charge on any atom is 0.438 e. The molecule has 1 aliphatic rings. The summed E-state index contributed by atoms with van der Waals surface area (Å²) in [6.07, 6.45) is 0. The van der Waals surface area contributed by atoms with Crippen LogP contribution >= 0.6 is 23.8 Å². The molecule has 0 saturated carbocycles. The SMILES string of the molecule is CC(C)C1=NS(=O)ON1.CC(C)c1nc(=S)o[nH]1.CC(C)c1noc(=O)[nH]1.CC(C)c1nsc(=O)[nH]1. The third-order valence-corrected chi connectivity index (χ3v) is 5.25. The van der Waals surface area contributed by atoms with Crippen molar-refractivity contribution in [2.24, 2.45) is 10.3 Å². The maximum absolute atomic E-state index is 10.5. The van der Waals surface area contributed by atoms with Gasteiger partial charge in [0.15, 0.2) is 5.82 Å². The smallest absolute Gasteiger partial charge is 0.348 e. The van der Waals surface area contributed by atoms with Gasteiger partial charge in [-0.3, -0.25) is 19.3 Å². The average molecular weight is 565 g/mol. The van der Waals surface area contributed by atoms with Gasteiger partial charge in [-0.15, -0.1) is 4.40 Å². The molecule has 0 radical (unpaired) electrons. The minimum Gasteiger partial charge on any atom is -0.348 e. The van der Waals surface area contributed by atoms with Gasteiger partial charge in [0.2, 0.25) is 0 Å². The lowest BCUT2D eigenvalue weighted by molar-refractivity contribution is 0.299.